The molecule has 1 aromatic heterocycles. The van der Waals surface area contributed by atoms with E-state index in [4.69, 9.17) is 21.1 Å². The first kappa shape index (κ1) is 14.4. The topological polar surface area (TPSA) is 53.4 Å². The predicted molar refractivity (Wildman–Crippen MR) is 76.7 cm³/mol. The molecular weight excluding hydrogens is 280 g/mol. The van der Waals surface area contributed by atoms with Crippen LogP contribution in [0.1, 0.15) is 5.82 Å². The van der Waals surface area contributed by atoms with Crippen LogP contribution in [-0.2, 0) is 6.54 Å². The van der Waals surface area contributed by atoms with Crippen LogP contribution in [0.2, 0.25) is 5.15 Å². The minimum atomic E-state index is -0.180. The number of hydrogen-bond donors (Lipinski definition) is 0. The standard InChI is InChI=1S/C14H15ClN2O3/c1-10-16-13(15)9-14(18)17(10)7-8-20-12-5-3-11(19-2)4-6-12/h3-6,9H,7-8H2,1-2H3. The summed E-state index contributed by atoms with van der Waals surface area (Å²) in [6, 6.07) is 8.55. The van der Waals surface area contributed by atoms with Crippen molar-refractivity contribution in [3.63, 3.8) is 0 Å². The van der Waals surface area contributed by atoms with E-state index in [0.717, 1.165) is 11.5 Å². The van der Waals surface area contributed by atoms with Gasteiger partial charge in [0.25, 0.3) is 5.56 Å². The van der Waals surface area contributed by atoms with Crippen LogP contribution in [0.5, 0.6) is 11.5 Å². The van der Waals surface area contributed by atoms with E-state index in [0.29, 0.717) is 19.0 Å². The van der Waals surface area contributed by atoms with Crippen LogP contribution >= 0.6 is 11.6 Å². The van der Waals surface area contributed by atoms with E-state index in [-0.39, 0.29) is 10.7 Å². The maximum absolute atomic E-state index is 11.8. The molecule has 20 heavy (non-hydrogen) atoms. The Morgan fingerprint density at radius 3 is 2.50 bits per heavy atom. The van der Waals surface area contributed by atoms with Gasteiger partial charge in [-0.25, -0.2) is 4.98 Å². The Morgan fingerprint density at radius 2 is 1.90 bits per heavy atom. The van der Waals surface area contributed by atoms with E-state index < -0.39 is 0 Å². The molecule has 0 aliphatic heterocycles. The molecule has 0 unspecified atom stereocenters. The molecule has 2 aromatic rings. The number of aryl methyl sites for hydroxylation is 1. The molecule has 2 rings (SSSR count). The van der Waals surface area contributed by atoms with Crippen molar-refractivity contribution in [1.82, 2.24) is 9.55 Å². The van der Waals surface area contributed by atoms with E-state index in [9.17, 15) is 4.79 Å². The zero-order valence-corrected chi connectivity index (χ0v) is 12.1. The summed E-state index contributed by atoms with van der Waals surface area (Å²) in [4.78, 5) is 15.8. The van der Waals surface area contributed by atoms with Crippen LogP contribution in [0, 0.1) is 6.92 Å². The van der Waals surface area contributed by atoms with E-state index in [2.05, 4.69) is 4.98 Å². The van der Waals surface area contributed by atoms with Crippen molar-refractivity contribution in [2.24, 2.45) is 0 Å². The fourth-order valence-corrected chi connectivity index (χ4v) is 2.00. The molecule has 0 atom stereocenters. The second-order valence-corrected chi connectivity index (χ2v) is 4.53. The zero-order chi connectivity index (χ0) is 14.5. The third-order valence-corrected chi connectivity index (χ3v) is 3.00. The summed E-state index contributed by atoms with van der Waals surface area (Å²) in [5.74, 6) is 2.06. The Balaban J connectivity index is 1.97. The maximum atomic E-state index is 11.8. The van der Waals surface area contributed by atoms with Crippen molar-refractivity contribution in [3.8, 4) is 11.5 Å². The largest absolute Gasteiger partial charge is 0.497 e. The molecule has 0 aliphatic carbocycles. The molecule has 5 nitrogen and oxygen atoms in total. The lowest BCUT2D eigenvalue weighted by Gasteiger charge is -2.10. The lowest BCUT2D eigenvalue weighted by atomic mass is 10.3. The molecule has 6 heteroatoms. The normalized spacial score (nSPS) is 10.3. The average molecular weight is 295 g/mol. The van der Waals surface area contributed by atoms with Crippen LogP contribution in [0.4, 0.5) is 0 Å². The van der Waals surface area contributed by atoms with Crippen LogP contribution in [0.15, 0.2) is 35.1 Å². The summed E-state index contributed by atoms with van der Waals surface area (Å²) in [6.07, 6.45) is 0. The number of aromatic nitrogens is 2. The minimum absolute atomic E-state index is 0.180. The summed E-state index contributed by atoms with van der Waals surface area (Å²) in [6.45, 7) is 2.53. The number of nitrogens with zero attached hydrogens (tertiary/aromatic N) is 2. The first-order valence-corrected chi connectivity index (χ1v) is 6.49. The third-order valence-electron chi connectivity index (χ3n) is 2.81. The molecule has 0 spiro atoms. The van der Waals surface area contributed by atoms with Gasteiger partial charge in [0, 0.05) is 6.07 Å². The molecule has 106 valence electrons. The molecular formula is C14H15ClN2O3. The van der Waals surface area contributed by atoms with Gasteiger partial charge >= 0.3 is 0 Å². The van der Waals surface area contributed by atoms with Crippen LogP contribution < -0.4 is 15.0 Å². The van der Waals surface area contributed by atoms with Gasteiger partial charge in [-0.3, -0.25) is 9.36 Å². The summed E-state index contributed by atoms with van der Waals surface area (Å²) in [5.41, 5.74) is -0.180. The molecule has 0 saturated carbocycles. The number of halogens is 1. The Bertz CT molecular complexity index is 638. The van der Waals surface area contributed by atoms with Gasteiger partial charge in [-0.15, -0.1) is 0 Å². The predicted octanol–water partition coefficient (Wildman–Crippen LogP) is 2.29. The van der Waals surface area contributed by atoms with E-state index in [1.54, 1.807) is 14.0 Å². The molecule has 0 radical (unpaired) electrons. The van der Waals surface area contributed by atoms with E-state index in [1.165, 1.54) is 10.6 Å². The lowest BCUT2D eigenvalue weighted by molar-refractivity contribution is 0.293. The molecule has 0 saturated heterocycles. The van der Waals surface area contributed by atoms with Gasteiger partial charge in [-0.2, -0.15) is 0 Å². The Morgan fingerprint density at radius 1 is 1.25 bits per heavy atom. The van der Waals surface area contributed by atoms with Crippen molar-refractivity contribution < 1.29 is 9.47 Å². The smallest absolute Gasteiger partial charge is 0.255 e. The van der Waals surface area contributed by atoms with Gasteiger partial charge in [0.2, 0.25) is 0 Å². The van der Waals surface area contributed by atoms with Crippen molar-refractivity contribution in [1.29, 1.82) is 0 Å². The van der Waals surface area contributed by atoms with Gasteiger partial charge in [0.1, 0.15) is 29.1 Å². The van der Waals surface area contributed by atoms with Crippen molar-refractivity contribution in [2.75, 3.05) is 13.7 Å². The summed E-state index contributed by atoms with van der Waals surface area (Å²) >= 11 is 5.71. The van der Waals surface area contributed by atoms with Crippen LogP contribution in [0.25, 0.3) is 0 Å². The molecule has 0 N–H and O–H groups in total. The van der Waals surface area contributed by atoms with Crippen molar-refractivity contribution in [3.05, 3.63) is 51.7 Å². The molecule has 0 fully saturated rings. The van der Waals surface area contributed by atoms with Gasteiger partial charge in [-0.1, -0.05) is 11.6 Å². The quantitative estimate of drug-likeness (QED) is 0.794. The van der Waals surface area contributed by atoms with Crippen molar-refractivity contribution >= 4 is 11.6 Å². The second kappa shape index (κ2) is 6.43. The van der Waals surface area contributed by atoms with Crippen LogP contribution in [-0.4, -0.2) is 23.3 Å². The van der Waals surface area contributed by atoms with Gasteiger partial charge in [0.15, 0.2) is 0 Å². The Labute approximate surface area is 121 Å². The van der Waals surface area contributed by atoms with Gasteiger partial charge in [-0.05, 0) is 31.2 Å². The summed E-state index contributed by atoms with van der Waals surface area (Å²) in [5, 5.41) is 0.208. The van der Waals surface area contributed by atoms with Gasteiger partial charge in [0.05, 0.1) is 13.7 Å². The van der Waals surface area contributed by atoms with E-state index >= 15 is 0 Å². The number of hydrogen-bond acceptors (Lipinski definition) is 4. The van der Waals surface area contributed by atoms with Gasteiger partial charge < -0.3 is 9.47 Å². The number of benzene rings is 1. The maximum Gasteiger partial charge on any atom is 0.255 e. The highest BCUT2D eigenvalue weighted by Crippen LogP contribution is 2.16. The molecule has 0 bridgehead atoms. The summed E-state index contributed by atoms with van der Waals surface area (Å²) in [7, 11) is 1.61. The van der Waals surface area contributed by atoms with Crippen LogP contribution in [0.3, 0.4) is 0 Å². The monoisotopic (exact) mass is 294 g/mol. The minimum Gasteiger partial charge on any atom is -0.497 e. The summed E-state index contributed by atoms with van der Waals surface area (Å²) < 4.78 is 12.2. The Kier molecular flexibility index (Phi) is 4.63. The number of methoxy groups -OCH3 is 1. The first-order chi connectivity index (χ1) is 9.60. The second-order valence-electron chi connectivity index (χ2n) is 4.14. The number of ether oxygens (including phenoxy) is 2. The SMILES string of the molecule is COc1ccc(OCCn2c(C)nc(Cl)cc2=O)cc1. The first-order valence-electron chi connectivity index (χ1n) is 6.11. The lowest BCUT2D eigenvalue weighted by Crippen LogP contribution is -2.25. The molecule has 0 aliphatic rings. The highest BCUT2D eigenvalue weighted by molar-refractivity contribution is 6.29. The molecule has 1 heterocycles. The Hall–Kier alpha value is -2.01. The third kappa shape index (κ3) is 3.51. The van der Waals surface area contributed by atoms with Crippen molar-refractivity contribution in [2.45, 2.75) is 13.5 Å². The average Bonchev–Trinajstić information content (AvgIpc) is 2.42. The van der Waals surface area contributed by atoms with E-state index in [1.807, 2.05) is 24.3 Å². The highest BCUT2D eigenvalue weighted by Gasteiger charge is 2.04. The zero-order valence-electron chi connectivity index (χ0n) is 11.3. The fourth-order valence-electron chi connectivity index (χ4n) is 1.79. The molecule has 0 amide bonds. The fraction of sp³-hybridized carbons (Fsp3) is 0.286. The number of rotatable bonds is 5. The highest BCUT2D eigenvalue weighted by atomic mass is 35.5. The molecule has 1 aromatic carbocycles.